The van der Waals surface area contributed by atoms with Crippen LogP contribution in [0.4, 0.5) is 0 Å². The van der Waals surface area contributed by atoms with Crippen molar-refractivity contribution >= 4 is 11.9 Å². The standard InChI is InChI=1S/C34H34O6/c1-7-9-19-37-31-21-27(15-17-29(31)39-33(35)23(3)4)25-11-13-26(14-12-25)28-16-18-30(40-34(36)24(5)6)32(22-28)38-20-10-8-2/h7-18,21-22H,3,5,19-20H2,1-2,4,6H3/b9-7+,10-8+. The molecule has 3 rings (SSSR count). The molecular weight excluding hydrogens is 504 g/mol. The highest BCUT2D eigenvalue weighted by atomic mass is 16.6. The monoisotopic (exact) mass is 538 g/mol. The van der Waals surface area contributed by atoms with Crippen LogP contribution in [0.3, 0.4) is 0 Å². The third-order valence-corrected chi connectivity index (χ3v) is 5.68. The molecule has 0 N–H and O–H groups in total. The van der Waals surface area contributed by atoms with Crippen molar-refractivity contribution in [2.45, 2.75) is 27.7 Å². The van der Waals surface area contributed by atoms with E-state index in [1.165, 1.54) is 0 Å². The summed E-state index contributed by atoms with van der Waals surface area (Å²) in [6.07, 6.45) is 7.51. The van der Waals surface area contributed by atoms with Gasteiger partial charge >= 0.3 is 11.9 Å². The molecule has 3 aromatic rings. The summed E-state index contributed by atoms with van der Waals surface area (Å²) >= 11 is 0. The van der Waals surface area contributed by atoms with Crippen molar-refractivity contribution in [3.8, 4) is 45.3 Å². The first-order valence-corrected chi connectivity index (χ1v) is 12.9. The van der Waals surface area contributed by atoms with Crippen LogP contribution >= 0.6 is 0 Å². The molecule has 40 heavy (non-hydrogen) atoms. The number of carbonyl (C=O) groups is 2. The minimum Gasteiger partial charge on any atom is -0.486 e. The van der Waals surface area contributed by atoms with Crippen LogP contribution in [-0.2, 0) is 9.59 Å². The van der Waals surface area contributed by atoms with Gasteiger partial charge in [0.1, 0.15) is 13.2 Å². The lowest BCUT2D eigenvalue weighted by Crippen LogP contribution is -2.09. The Labute approximate surface area is 235 Å². The van der Waals surface area contributed by atoms with Gasteiger partial charge in [-0.1, -0.05) is 73.9 Å². The van der Waals surface area contributed by atoms with Crippen molar-refractivity contribution in [2.24, 2.45) is 0 Å². The topological polar surface area (TPSA) is 71.1 Å². The van der Waals surface area contributed by atoms with E-state index in [9.17, 15) is 9.59 Å². The molecule has 206 valence electrons. The van der Waals surface area contributed by atoms with Gasteiger partial charge in [-0.3, -0.25) is 0 Å². The van der Waals surface area contributed by atoms with Gasteiger partial charge in [0.2, 0.25) is 0 Å². The summed E-state index contributed by atoms with van der Waals surface area (Å²) in [7, 11) is 0. The van der Waals surface area contributed by atoms with E-state index in [-0.39, 0.29) is 0 Å². The number of esters is 2. The largest absolute Gasteiger partial charge is 0.486 e. The molecule has 3 aromatic carbocycles. The van der Waals surface area contributed by atoms with Crippen molar-refractivity contribution in [1.29, 1.82) is 0 Å². The van der Waals surface area contributed by atoms with Crippen LogP contribution in [0.2, 0.25) is 0 Å². The second-order valence-corrected chi connectivity index (χ2v) is 9.00. The summed E-state index contributed by atoms with van der Waals surface area (Å²) in [6.45, 7) is 15.0. The zero-order valence-corrected chi connectivity index (χ0v) is 23.4. The van der Waals surface area contributed by atoms with Gasteiger partial charge in [-0.25, -0.2) is 9.59 Å². The highest BCUT2D eigenvalue weighted by molar-refractivity contribution is 5.90. The first-order chi connectivity index (χ1) is 19.2. The number of allylic oxidation sites excluding steroid dienone is 2. The van der Waals surface area contributed by atoms with Crippen LogP contribution < -0.4 is 18.9 Å². The summed E-state index contributed by atoms with van der Waals surface area (Å²) < 4.78 is 22.7. The SMILES string of the molecule is C=C(C)C(=O)Oc1ccc(-c2ccc(-c3ccc(OC(=O)C(=C)C)c(OC/C=C/C)c3)cc2)cc1OC/C=C/C. The number of hydrogen-bond acceptors (Lipinski definition) is 6. The number of carbonyl (C=O) groups excluding carboxylic acids is 2. The fraction of sp³-hybridized carbons (Fsp3) is 0.176. The molecule has 0 amide bonds. The molecule has 0 saturated carbocycles. The van der Waals surface area contributed by atoms with Crippen LogP contribution in [0, 0.1) is 0 Å². The second kappa shape index (κ2) is 14.4. The van der Waals surface area contributed by atoms with Gasteiger partial charge in [0, 0.05) is 11.1 Å². The lowest BCUT2D eigenvalue weighted by Gasteiger charge is -2.14. The molecule has 6 heteroatoms. The molecule has 0 aromatic heterocycles. The predicted molar refractivity (Wildman–Crippen MR) is 159 cm³/mol. The molecule has 0 aliphatic heterocycles. The number of rotatable bonds is 12. The van der Waals surface area contributed by atoms with E-state index in [2.05, 4.69) is 13.2 Å². The minimum absolute atomic E-state index is 0.302. The van der Waals surface area contributed by atoms with Crippen LogP contribution in [0.5, 0.6) is 23.0 Å². The van der Waals surface area contributed by atoms with Crippen LogP contribution in [0.15, 0.2) is 109 Å². The van der Waals surface area contributed by atoms with Gasteiger partial charge in [0.25, 0.3) is 0 Å². The lowest BCUT2D eigenvalue weighted by molar-refractivity contribution is -0.131. The summed E-state index contributed by atoms with van der Waals surface area (Å²) in [4.78, 5) is 24.2. The fourth-order valence-corrected chi connectivity index (χ4v) is 3.47. The smallest absolute Gasteiger partial charge is 0.338 e. The van der Waals surface area contributed by atoms with E-state index in [4.69, 9.17) is 18.9 Å². The van der Waals surface area contributed by atoms with Gasteiger partial charge in [-0.05, 0) is 74.2 Å². The molecule has 0 saturated heterocycles. The summed E-state index contributed by atoms with van der Waals surface area (Å²) in [5.74, 6) is 0.547. The molecule has 0 heterocycles. The summed E-state index contributed by atoms with van der Waals surface area (Å²) in [5.41, 5.74) is 4.31. The molecule has 6 nitrogen and oxygen atoms in total. The van der Waals surface area contributed by atoms with Gasteiger partial charge in [0.15, 0.2) is 23.0 Å². The van der Waals surface area contributed by atoms with Crippen LogP contribution in [0.25, 0.3) is 22.3 Å². The first-order valence-electron chi connectivity index (χ1n) is 12.9. The molecule has 0 bridgehead atoms. The Morgan fingerprint density at radius 2 is 0.950 bits per heavy atom. The van der Waals surface area contributed by atoms with Crippen molar-refractivity contribution in [2.75, 3.05) is 13.2 Å². The number of hydrogen-bond donors (Lipinski definition) is 0. The minimum atomic E-state index is -0.512. The Morgan fingerprint density at radius 1 is 0.600 bits per heavy atom. The highest BCUT2D eigenvalue weighted by Crippen LogP contribution is 2.36. The molecule has 0 aliphatic rings. The van der Waals surface area contributed by atoms with E-state index < -0.39 is 11.9 Å². The summed E-state index contributed by atoms with van der Waals surface area (Å²) in [5, 5.41) is 0. The Bertz CT molecular complexity index is 1330. The number of benzene rings is 3. The molecular formula is C34H34O6. The molecule has 0 spiro atoms. The van der Waals surface area contributed by atoms with Crippen molar-refractivity contribution in [3.05, 3.63) is 109 Å². The van der Waals surface area contributed by atoms with Gasteiger partial charge in [0.05, 0.1) is 0 Å². The zero-order valence-electron chi connectivity index (χ0n) is 23.4. The molecule has 0 unspecified atom stereocenters. The predicted octanol–water partition coefficient (Wildman–Crippen LogP) is 7.89. The van der Waals surface area contributed by atoms with Crippen molar-refractivity contribution in [1.82, 2.24) is 0 Å². The highest BCUT2D eigenvalue weighted by Gasteiger charge is 2.15. The first kappa shape index (κ1) is 29.7. The molecule has 0 aliphatic carbocycles. The molecule has 0 radical (unpaired) electrons. The average Bonchev–Trinajstić information content (AvgIpc) is 2.94. The maximum absolute atomic E-state index is 12.1. The Kier molecular flexibility index (Phi) is 10.7. The lowest BCUT2D eigenvalue weighted by atomic mass is 9.99. The van der Waals surface area contributed by atoms with Crippen molar-refractivity contribution < 1.29 is 28.5 Å². The van der Waals surface area contributed by atoms with Crippen LogP contribution in [-0.4, -0.2) is 25.2 Å². The second-order valence-electron chi connectivity index (χ2n) is 9.00. The fourth-order valence-electron chi connectivity index (χ4n) is 3.47. The van der Waals surface area contributed by atoms with Crippen molar-refractivity contribution in [3.63, 3.8) is 0 Å². The quantitative estimate of drug-likeness (QED) is 0.101. The van der Waals surface area contributed by atoms with E-state index in [1.54, 1.807) is 26.0 Å². The normalized spacial score (nSPS) is 10.9. The third kappa shape index (κ3) is 8.08. The maximum atomic E-state index is 12.1. The zero-order chi connectivity index (χ0) is 29.1. The van der Waals surface area contributed by atoms with E-state index in [1.807, 2.05) is 86.7 Å². The Morgan fingerprint density at radius 3 is 1.27 bits per heavy atom. The number of ether oxygens (including phenoxy) is 4. The van der Waals surface area contributed by atoms with E-state index in [0.29, 0.717) is 47.4 Å². The van der Waals surface area contributed by atoms with Gasteiger partial charge in [-0.15, -0.1) is 0 Å². The van der Waals surface area contributed by atoms with Crippen LogP contribution in [0.1, 0.15) is 27.7 Å². The van der Waals surface area contributed by atoms with E-state index in [0.717, 1.165) is 22.3 Å². The third-order valence-electron chi connectivity index (χ3n) is 5.68. The Hall–Kier alpha value is -4.84. The Balaban J connectivity index is 1.90. The molecule has 0 atom stereocenters. The summed E-state index contributed by atoms with van der Waals surface area (Å²) in [6, 6.07) is 18.8. The average molecular weight is 539 g/mol. The maximum Gasteiger partial charge on any atom is 0.338 e. The van der Waals surface area contributed by atoms with E-state index >= 15 is 0 Å². The molecule has 0 fully saturated rings. The van der Waals surface area contributed by atoms with Gasteiger partial charge < -0.3 is 18.9 Å². The van der Waals surface area contributed by atoms with Gasteiger partial charge in [-0.2, -0.15) is 0 Å².